The molecule has 116 valence electrons. The summed E-state index contributed by atoms with van der Waals surface area (Å²) >= 11 is 0. The molecule has 3 fully saturated rings. The third-order valence-electron chi connectivity index (χ3n) is 5.09. The smallest absolute Gasteiger partial charge is 0.0490 e. The van der Waals surface area contributed by atoms with E-state index in [2.05, 4.69) is 60.2 Å². The van der Waals surface area contributed by atoms with Crippen molar-refractivity contribution in [1.29, 1.82) is 0 Å². The summed E-state index contributed by atoms with van der Waals surface area (Å²) in [6.45, 7) is 13.9. The number of piperazine rings is 3. The minimum Gasteiger partial charge on any atom is -0.309 e. The van der Waals surface area contributed by atoms with E-state index < -0.39 is 0 Å². The number of nitrogens with one attached hydrogen (secondary N) is 1. The van der Waals surface area contributed by atoms with E-state index in [-0.39, 0.29) is 0 Å². The van der Waals surface area contributed by atoms with Crippen LogP contribution in [0.4, 0.5) is 0 Å². The molecule has 2 atom stereocenters. The molecule has 3 nitrogen and oxygen atoms in total. The maximum atomic E-state index is 3.73. The van der Waals surface area contributed by atoms with Crippen LogP contribution < -0.4 is 5.32 Å². The van der Waals surface area contributed by atoms with Crippen molar-refractivity contribution in [3.05, 3.63) is 35.4 Å². The van der Waals surface area contributed by atoms with Gasteiger partial charge in [0.25, 0.3) is 0 Å². The third kappa shape index (κ3) is 3.15. The highest BCUT2D eigenvalue weighted by Gasteiger charge is 2.36. The van der Waals surface area contributed by atoms with Crippen LogP contribution >= 0.6 is 0 Å². The summed E-state index contributed by atoms with van der Waals surface area (Å²) in [5, 5.41) is 3.73. The predicted molar refractivity (Wildman–Crippen MR) is 88.7 cm³/mol. The van der Waals surface area contributed by atoms with Crippen LogP contribution in [0.3, 0.4) is 0 Å². The zero-order valence-corrected chi connectivity index (χ0v) is 13.7. The Morgan fingerprint density at radius 3 is 2.14 bits per heavy atom. The number of hydrogen-bond acceptors (Lipinski definition) is 3. The minimum atomic E-state index is 0.458. The first-order chi connectivity index (χ1) is 10.2. The lowest BCUT2D eigenvalue weighted by Crippen LogP contribution is -2.63. The lowest BCUT2D eigenvalue weighted by Gasteiger charge is -2.50. The van der Waals surface area contributed by atoms with Gasteiger partial charge in [-0.25, -0.2) is 0 Å². The molecule has 2 unspecified atom stereocenters. The Morgan fingerprint density at radius 1 is 1.05 bits per heavy atom. The van der Waals surface area contributed by atoms with Crippen molar-refractivity contribution in [2.45, 2.75) is 38.8 Å². The van der Waals surface area contributed by atoms with Crippen molar-refractivity contribution in [3.63, 3.8) is 0 Å². The van der Waals surface area contributed by atoms with Gasteiger partial charge in [0, 0.05) is 44.8 Å². The van der Waals surface area contributed by atoms with Crippen LogP contribution in [0.2, 0.25) is 0 Å². The van der Waals surface area contributed by atoms with Crippen molar-refractivity contribution in [2.75, 3.05) is 39.3 Å². The third-order valence-corrected chi connectivity index (χ3v) is 5.09. The molecule has 0 radical (unpaired) electrons. The molecule has 2 bridgehead atoms. The van der Waals surface area contributed by atoms with Gasteiger partial charge in [-0.1, -0.05) is 45.0 Å². The van der Waals surface area contributed by atoms with Crippen molar-refractivity contribution in [2.24, 2.45) is 0 Å². The molecule has 0 aromatic heterocycles. The number of likely N-dealkylation sites (N-methyl/N-ethyl adjacent to an activating group) is 1. The number of hydrogen-bond donors (Lipinski definition) is 1. The fourth-order valence-electron chi connectivity index (χ4n) is 3.76. The molecule has 0 amide bonds. The topological polar surface area (TPSA) is 18.5 Å². The standard InChI is InChI=1S/C18H29N3/c1-4-19-18(16-7-5-15(6-8-16)14(2)3)17-13-20-9-11-21(17)12-10-20/h5-8,14,17-19H,4,9-13H2,1-3H3. The predicted octanol–water partition coefficient (Wildman–Crippen LogP) is 2.46. The van der Waals surface area contributed by atoms with Crippen LogP contribution in [0.25, 0.3) is 0 Å². The second-order valence-electron chi connectivity index (χ2n) is 6.76. The summed E-state index contributed by atoms with van der Waals surface area (Å²) < 4.78 is 0. The summed E-state index contributed by atoms with van der Waals surface area (Å²) in [6, 6.07) is 10.4. The Morgan fingerprint density at radius 2 is 1.67 bits per heavy atom. The van der Waals surface area contributed by atoms with Gasteiger partial charge in [-0.3, -0.25) is 9.80 Å². The fraction of sp³-hybridized carbons (Fsp3) is 0.667. The summed E-state index contributed by atoms with van der Waals surface area (Å²) in [4.78, 5) is 5.31. The van der Waals surface area contributed by atoms with E-state index in [0.717, 1.165) is 6.54 Å². The first-order valence-electron chi connectivity index (χ1n) is 8.48. The van der Waals surface area contributed by atoms with E-state index in [1.54, 1.807) is 0 Å². The monoisotopic (exact) mass is 287 g/mol. The molecule has 0 saturated carbocycles. The van der Waals surface area contributed by atoms with E-state index in [9.17, 15) is 0 Å². The Balaban J connectivity index is 1.80. The summed E-state index contributed by atoms with van der Waals surface area (Å²) in [5.41, 5.74) is 2.88. The Labute approximate surface area is 129 Å². The maximum absolute atomic E-state index is 3.73. The number of nitrogens with zero attached hydrogens (tertiary/aromatic N) is 2. The molecule has 3 heterocycles. The number of benzene rings is 1. The van der Waals surface area contributed by atoms with Gasteiger partial charge in [0.2, 0.25) is 0 Å². The van der Waals surface area contributed by atoms with Gasteiger partial charge in [-0.15, -0.1) is 0 Å². The molecule has 21 heavy (non-hydrogen) atoms. The minimum absolute atomic E-state index is 0.458. The van der Waals surface area contributed by atoms with E-state index in [4.69, 9.17) is 0 Å². The van der Waals surface area contributed by atoms with Crippen molar-refractivity contribution < 1.29 is 0 Å². The van der Waals surface area contributed by atoms with Gasteiger partial charge in [-0.2, -0.15) is 0 Å². The molecule has 4 rings (SSSR count). The lowest BCUT2D eigenvalue weighted by atomic mass is 9.92. The maximum Gasteiger partial charge on any atom is 0.0490 e. The highest BCUT2D eigenvalue weighted by molar-refractivity contribution is 5.28. The average Bonchev–Trinajstić information content (AvgIpc) is 2.54. The zero-order chi connectivity index (χ0) is 14.8. The lowest BCUT2D eigenvalue weighted by molar-refractivity contribution is -0.00343. The van der Waals surface area contributed by atoms with Gasteiger partial charge in [0.15, 0.2) is 0 Å². The molecular formula is C18H29N3. The van der Waals surface area contributed by atoms with Crippen LogP contribution in [-0.4, -0.2) is 55.1 Å². The highest BCUT2D eigenvalue weighted by Crippen LogP contribution is 2.28. The molecular weight excluding hydrogens is 258 g/mol. The van der Waals surface area contributed by atoms with Crippen molar-refractivity contribution >= 4 is 0 Å². The zero-order valence-electron chi connectivity index (χ0n) is 13.7. The van der Waals surface area contributed by atoms with Crippen LogP contribution in [0.15, 0.2) is 24.3 Å². The molecule has 1 aromatic rings. The first-order valence-corrected chi connectivity index (χ1v) is 8.48. The molecule has 0 spiro atoms. The van der Waals surface area contributed by atoms with Gasteiger partial charge in [-0.05, 0) is 23.6 Å². The summed E-state index contributed by atoms with van der Waals surface area (Å²) in [7, 11) is 0. The van der Waals surface area contributed by atoms with Crippen LogP contribution in [0.1, 0.15) is 43.9 Å². The molecule has 1 aromatic carbocycles. The highest BCUT2D eigenvalue weighted by atomic mass is 15.4. The molecule has 3 aliphatic heterocycles. The summed E-state index contributed by atoms with van der Waals surface area (Å²) in [6.07, 6.45) is 0. The molecule has 3 aliphatic rings. The normalized spacial score (nSPS) is 29.8. The second-order valence-corrected chi connectivity index (χ2v) is 6.76. The Bertz CT molecular complexity index is 446. The number of fused-ring (bicyclic) bond motifs is 3. The number of rotatable bonds is 5. The van der Waals surface area contributed by atoms with E-state index in [1.165, 1.54) is 43.9 Å². The first kappa shape index (κ1) is 15.0. The van der Waals surface area contributed by atoms with Crippen molar-refractivity contribution in [3.8, 4) is 0 Å². The molecule has 3 heteroatoms. The Kier molecular flexibility index (Phi) is 4.63. The average molecular weight is 287 g/mol. The van der Waals surface area contributed by atoms with E-state index in [1.807, 2.05) is 0 Å². The van der Waals surface area contributed by atoms with Gasteiger partial charge in [0.05, 0.1) is 0 Å². The van der Waals surface area contributed by atoms with Crippen molar-refractivity contribution in [1.82, 2.24) is 15.1 Å². The molecule has 3 saturated heterocycles. The van der Waals surface area contributed by atoms with Gasteiger partial charge >= 0.3 is 0 Å². The largest absolute Gasteiger partial charge is 0.309 e. The fourth-order valence-corrected chi connectivity index (χ4v) is 3.76. The van der Waals surface area contributed by atoms with Crippen LogP contribution in [0, 0.1) is 0 Å². The molecule has 0 aliphatic carbocycles. The Hall–Kier alpha value is -0.900. The second kappa shape index (κ2) is 6.47. The molecule has 1 N–H and O–H groups in total. The SMILES string of the molecule is CCNC(c1ccc(C(C)C)cc1)C1CN2CCN1CC2. The van der Waals surface area contributed by atoms with Crippen LogP contribution in [0.5, 0.6) is 0 Å². The van der Waals surface area contributed by atoms with Crippen LogP contribution in [-0.2, 0) is 0 Å². The quantitative estimate of drug-likeness (QED) is 0.897. The van der Waals surface area contributed by atoms with Gasteiger partial charge < -0.3 is 5.32 Å². The van der Waals surface area contributed by atoms with Gasteiger partial charge in [0.1, 0.15) is 0 Å². The summed E-state index contributed by atoms with van der Waals surface area (Å²) in [5.74, 6) is 0.609. The van der Waals surface area contributed by atoms with E-state index >= 15 is 0 Å². The van der Waals surface area contributed by atoms with E-state index in [0.29, 0.717) is 18.0 Å².